The number of carbonyl (C=O) groups is 2. The van der Waals surface area contributed by atoms with Gasteiger partial charge in [0.2, 0.25) is 0 Å². The minimum Gasteiger partial charge on any atom is -0.492 e. The van der Waals surface area contributed by atoms with Gasteiger partial charge < -0.3 is 19.8 Å². The smallest absolute Gasteiger partial charge is 0.335 e. The lowest BCUT2D eigenvalue weighted by Gasteiger charge is -2.23. The van der Waals surface area contributed by atoms with Gasteiger partial charge in [0.15, 0.2) is 0 Å². The number of hydrogen-bond acceptors (Lipinski definition) is 4. The third kappa shape index (κ3) is 4.49. The van der Waals surface area contributed by atoms with Crippen LogP contribution in [0, 0.1) is 0 Å². The van der Waals surface area contributed by atoms with E-state index in [1.807, 2.05) is 37.3 Å². The second-order valence-electron chi connectivity index (χ2n) is 5.12. The van der Waals surface area contributed by atoms with Crippen molar-refractivity contribution in [2.45, 2.75) is 6.92 Å². The van der Waals surface area contributed by atoms with Gasteiger partial charge in [0.1, 0.15) is 12.4 Å². The number of para-hydroxylation sites is 1. The Bertz CT molecular complexity index is 682. The average Bonchev–Trinajstić information content (AvgIpc) is 2.59. The second kappa shape index (κ2) is 8.01. The number of hydrogen-bond donors (Lipinski definition) is 2. The summed E-state index contributed by atoms with van der Waals surface area (Å²) in [5, 5.41) is 18.1. The van der Waals surface area contributed by atoms with Gasteiger partial charge in [-0.25, -0.2) is 9.59 Å². The zero-order valence-electron chi connectivity index (χ0n) is 13.3. The number of ether oxygens (including phenoxy) is 1. The fourth-order valence-corrected chi connectivity index (χ4v) is 2.31. The third-order valence-electron chi connectivity index (χ3n) is 3.53. The summed E-state index contributed by atoms with van der Waals surface area (Å²) in [7, 11) is 0. The van der Waals surface area contributed by atoms with Crippen LogP contribution in [0.2, 0.25) is 0 Å². The van der Waals surface area contributed by atoms with Gasteiger partial charge in [-0.2, -0.15) is 0 Å². The molecule has 0 heterocycles. The normalized spacial score (nSPS) is 10.2. The van der Waals surface area contributed by atoms with E-state index < -0.39 is 11.9 Å². The molecule has 2 N–H and O–H groups in total. The first-order valence-electron chi connectivity index (χ1n) is 7.55. The summed E-state index contributed by atoms with van der Waals surface area (Å²) in [6.45, 7) is 3.73. The van der Waals surface area contributed by atoms with E-state index >= 15 is 0 Å². The summed E-state index contributed by atoms with van der Waals surface area (Å²) in [5.41, 5.74) is 0.842. The molecule has 0 radical (unpaired) electrons. The predicted molar refractivity (Wildman–Crippen MR) is 90.2 cm³/mol. The van der Waals surface area contributed by atoms with Crippen molar-refractivity contribution in [1.29, 1.82) is 0 Å². The van der Waals surface area contributed by atoms with E-state index in [2.05, 4.69) is 4.90 Å². The summed E-state index contributed by atoms with van der Waals surface area (Å²) in [5.74, 6) is -2.15. The summed E-state index contributed by atoms with van der Waals surface area (Å²) in [4.78, 5) is 24.3. The highest BCUT2D eigenvalue weighted by Crippen LogP contribution is 2.18. The van der Waals surface area contributed by atoms with Crippen LogP contribution in [0.15, 0.2) is 48.5 Å². The lowest BCUT2D eigenvalue weighted by molar-refractivity contribution is 0.0696. The highest BCUT2D eigenvalue weighted by Gasteiger charge is 2.12. The maximum atomic E-state index is 11.1. The molecule has 0 spiro atoms. The molecular formula is C18H19NO5. The van der Waals surface area contributed by atoms with E-state index in [-0.39, 0.29) is 16.9 Å². The molecule has 6 nitrogen and oxygen atoms in total. The molecule has 0 saturated heterocycles. The number of carboxylic acid groups (broad SMARTS) is 2. The number of anilines is 1. The van der Waals surface area contributed by atoms with Crippen LogP contribution < -0.4 is 9.64 Å². The Morgan fingerprint density at radius 1 is 1.00 bits per heavy atom. The third-order valence-corrected chi connectivity index (χ3v) is 3.53. The molecule has 0 saturated carbocycles. The van der Waals surface area contributed by atoms with Crippen molar-refractivity contribution < 1.29 is 24.5 Å². The van der Waals surface area contributed by atoms with Gasteiger partial charge >= 0.3 is 11.9 Å². The summed E-state index contributed by atoms with van der Waals surface area (Å²) in [6, 6.07) is 13.6. The molecule has 2 aromatic carbocycles. The Labute approximate surface area is 139 Å². The topological polar surface area (TPSA) is 87.1 Å². The van der Waals surface area contributed by atoms with Gasteiger partial charge in [-0.05, 0) is 37.3 Å². The molecule has 2 aromatic rings. The van der Waals surface area contributed by atoms with Crippen LogP contribution >= 0.6 is 0 Å². The molecule has 0 aromatic heterocycles. The van der Waals surface area contributed by atoms with Crippen LogP contribution in [0.25, 0.3) is 0 Å². The molecule has 0 aliphatic heterocycles. The van der Waals surface area contributed by atoms with Crippen LogP contribution in [0.1, 0.15) is 27.6 Å². The maximum Gasteiger partial charge on any atom is 0.335 e. The number of likely N-dealkylation sites (N-methyl/N-ethyl adjacent to an activating group) is 1. The van der Waals surface area contributed by atoms with Gasteiger partial charge in [0.05, 0.1) is 17.7 Å². The molecule has 0 fully saturated rings. The summed E-state index contributed by atoms with van der Waals surface area (Å²) < 4.78 is 5.57. The Morgan fingerprint density at radius 3 is 2.08 bits per heavy atom. The second-order valence-corrected chi connectivity index (χ2v) is 5.12. The standard InChI is InChI=1S/C18H19NO5/c1-2-19(15-6-4-3-5-7-15)8-9-24-16-11-13(17(20)21)10-14(12-16)18(22)23/h3-7,10-12H,2,8-9H2,1H3,(H,20,21)(H,22,23). The zero-order valence-corrected chi connectivity index (χ0v) is 13.3. The van der Waals surface area contributed by atoms with E-state index in [1.165, 1.54) is 12.1 Å². The number of aromatic carboxylic acids is 2. The van der Waals surface area contributed by atoms with Crippen molar-refractivity contribution in [3.05, 3.63) is 59.7 Å². The summed E-state index contributed by atoms with van der Waals surface area (Å²) >= 11 is 0. The molecule has 0 unspecified atom stereocenters. The molecule has 0 aliphatic carbocycles. The fraction of sp³-hybridized carbons (Fsp3) is 0.222. The Kier molecular flexibility index (Phi) is 5.78. The maximum absolute atomic E-state index is 11.1. The zero-order chi connectivity index (χ0) is 17.5. The van der Waals surface area contributed by atoms with E-state index in [4.69, 9.17) is 14.9 Å². The molecule has 0 atom stereocenters. The van der Waals surface area contributed by atoms with Crippen molar-refractivity contribution in [3.63, 3.8) is 0 Å². The lowest BCUT2D eigenvalue weighted by atomic mass is 10.1. The van der Waals surface area contributed by atoms with Crippen LogP contribution in [-0.4, -0.2) is 41.8 Å². The van der Waals surface area contributed by atoms with Crippen molar-refractivity contribution in [3.8, 4) is 5.75 Å². The van der Waals surface area contributed by atoms with Crippen LogP contribution in [0.5, 0.6) is 5.75 Å². The lowest BCUT2D eigenvalue weighted by Crippen LogP contribution is -2.28. The highest BCUT2D eigenvalue weighted by atomic mass is 16.5. The van der Waals surface area contributed by atoms with E-state index in [9.17, 15) is 9.59 Å². The minimum absolute atomic E-state index is 0.111. The fourth-order valence-electron chi connectivity index (χ4n) is 2.31. The molecule has 2 rings (SSSR count). The van der Waals surface area contributed by atoms with E-state index in [0.29, 0.717) is 13.2 Å². The number of carboxylic acids is 2. The van der Waals surface area contributed by atoms with Crippen LogP contribution in [0.3, 0.4) is 0 Å². The SMILES string of the molecule is CCN(CCOc1cc(C(=O)O)cc(C(=O)O)c1)c1ccccc1. The van der Waals surface area contributed by atoms with E-state index in [0.717, 1.165) is 18.3 Å². The van der Waals surface area contributed by atoms with Crippen molar-refractivity contribution in [1.82, 2.24) is 0 Å². The number of nitrogens with zero attached hydrogens (tertiary/aromatic N) is 1. The molecule has 126 valence electrons. The first kappa shape index (κ1) is 17.3. The van der Waals surface area contributed by atoms with Gasteiger partial charge in [-0.15, -0.1) is 0 Å². The predicted octanol–water partition coefficient (Wildman–Crippen LogP) is 2.99. The monoisotopic (exact) mass is 329 g/mol. The van der Waals surface area contributed by atoms with Gasteiger partial charge in [0.25, 0.3) is 0 Å². The largest absolute Gasteiger partial charge is 0.492 e. The van der Waals surface area contributed by atoms with E-state index in [1.54, 1.807) is 0 Å². The quantitative estimate of drug-likeness (QED) is 0.774. The number of benzene rings is 2. The molecule has 0 amide bonds. The Hall–Kier alpha value is -3.02. The first-order valence-corrected chi connectivity index (χ1v) is 7.55. The highest BCUT2D eigenvalue weighted by molar-refractivity contribution is 5.94. The molecule has 6 heteroatoms. The van der Waals surface area contributed by atoms with Crippen LogP contribution in [0.4, 0.5) is 5.69 Å². The average molecular weight is 329 g/mol. The molecular weight excluding hydrogens is 310 g/mol. The minimum atomic E-state index is -1.19. The summed E-state index contributed by atoms with van der Waals surface area (Å²) in [6.07, 6.45) is 0. The van der Waals surface area contributed by atoms with Crippen molar-refractivity contribution in [2.75, 3.05) is 24.6 Å². The molecule has 24 heavy (non-hydrogen) atoms. The van der Waals surface area contributed by atoms with Crippen molar-refractivity contribution >= 4 is 17.6 Å². The van der Waals surface area contributed by atoms with Gasteiger partial charge in [0, 0.05) is 12.2 Å². The Morgan fingerprint density at radius 2 is 1.58 bits per heavy atom. The van der Waals surface area contributed by atoms with Crippen molar-refractivity contribution in [2.24, 2.45) is 0 Å². The Balaban J connectivity index is 2.05. The van der Waals surface area contributed by atoms with Gasteiger partial charge in [-0.3, -0.25) is 0 Å². The van der Waals surface area contributed by atoms with Crippen LogP contribution in [-0.2, 0) is 0 Å². The first-order chi connectivity index (χ1) is 11.5. The molecule has 0 bridgehead atoms. The number of rotatable bonds is 8. The molecule has 0 aliphatic rings. The van der Waals surface area contributed by atoms with Gasteiger partial charge in [-0.1, -0.05) is 18.2 Å².